The molecule has 0 aromatic carbocycles. The summed E-state index contributed by atoms with van der Waals surface area (Å²) in [7, 11) is 0. The van der Waals surface area contributed by atoms with Crippen LogP contribution < -0.4 is 5.32 Å². The second kappa shape index (κ2) is 6.20. The third kappa shape index (κ3) is 3.55. The molecule has 0 saturated heterocycles. The smallest absolute Gasteiger partial charge is 0.109 e. The quantitative estimate of drug-likeness (QED) is 0.784. The molecule has 0 spiro atoms. The zero-order valence-corrected chi connectivity index (χ0v) is 10.4. The van der Waals surface area contributed by atoms with E-state index in [4.69, 9.17) is 0 Å². The molecule has 0 aliphatic rings. The van der Waals surface area contributed by atoms with Gasteiger partial charge in [0.1, 0.15) is 5.01 Å². The Morgan fingerprint density at radius 3 is 2.73 bits per heavy atom. The van der Waals surface area contributed by atoms with Gasteiger partial charge in [-0.1, -0.05) is 20.3 Å². The Morgan fingerprint density at radius 2 is 2.27 bits per heavy atom. The molecule has 1 aromatic rings. The molecule has 2 N–H and O–H groups in total. The molecule has 0 saturated carbocycles. The van der Waals surface area contributed by atoms with Crippen LogP contribution in [0.15, 0.2) is 11.6 Å². The molecule has 0 aliphatic carbocycles. The second-order valence-electron chi connectivity index (χ2n) is 3.93. The van der Waals surface area contributed by atoms with Gasteiger partial charge in [-0.25, -0.2) is 4.98 Å². The first kappa shape index (κ1) is 12.6. The van der Waals surface area contributed by atoms with Gasteiger partial charge in [0.15, 0.2) is 0 Å². The molecule has 1 rings (SSSR count). The lowest BCUT2D eigenvalue weighted by atomic mass is 9.99. The van der Waals surface area contributed by atoms with Crippen molar-refractivity contribution in [2.24, 2.45) is 5.92 Å². The average Bonchev–Trinajstić information content (AvgIpc) is 2.77. The summed E-state index contributed by atoms with van der Waals surface area (Å²) < 4.78 is 0. The summed E-state index contributed by atoms with van der Waals surface area (Å²) in [6.45, 7) is 6.57. The number of aliphatic hydroxyl groups is 1. The number of rotatable bonds is 6. The molecule has 0 fully saturated rings. The summed E-state index contributed by atoms with van der Waals surface area (Å²) in [4.78, 5) is 4.26. The van der Waals surface area contributed by atoms with Crippen LogP contribution in [0.3, 0.4) is 0 Å². The topological polar surface area (TPSA) is 45.1 Å². The molecule has 0 radical (unpaired) electrons. The van der Waals surface area contributed by atoms with Crippen LogP contribution in [0.1, 0.15) is 38.2 Å². The number of hydrogen-bond donors (Lipinski definition) is 2. The molecule has 3 unspecified atom stereocenters. The summed E-state index contributed by atoms with van der Waals surface area (Å²) in [5, 5.41) is 15.8. The maximum absolute atomic E-state index is 9.29. The van der Waals surface area contributed by atoms with Crippen molar-refractivity contribution in [3.05, 3.63) is 16.6 Å². The van der Waals surface area contributed by atoms with Gasteiger partial charge in [0.25, 0.3) is 0 Å². The molecule has 86 valence electrons. The molecular weight excluding hydrogens is 208 g/mol. The number of nitrogens with one attached hydrogen (secondary N) is 1. The normalized spacial score (nSPS) is 17.3. The van der Waals surface area contributed by atoms with Gasteiger partial charge in [-0.15, -0.1) is 11.3 Å². The van der Waals surface area contributed by atoms with E-state index < -0.39 is 0 Å². The molecular formula is C11H20N2OS. The van der Waals surface area contributed by atoms with E-state index in [2.05, 4.69) is 31.1 Å². The Balaban J connectivity index is 2.52. The molecule has 3 nitrogen and oxygen atoms in total. The predicted molar refractivity (Wildman–Crippen MR) is 64.0 cm³/mol. The van der Waals surface area contributed by atoms with Crippen LogP contribution in [0.2, 0.25) is 0 Å². The van der Waals surface area contributed by atoms with E-state index in [0.29, 0.717) is 5.92 Å². The van der Waals surface area contributed by atoms with Crippen molar-refractivity contribution in [2.75, 3.05) is 6.61 Å². The van der Waals surface area contributed by atoms with Crippen LogP contribution in [0.25, 0.3) is 0 Å². The van der Waals surface area contributed by atoms with Crippen molar-refractivity contribution in [3.63, 3.8) is 0 Å². The fourth-order valence-corrected chi connectivity index (χ4v) is 2.18. The van der Waals surface area contributed by atoms with Crippen LogP contribution in [0.5, 0.6) is 0 Å². The summed E-state index contributed by atoms with van der Waals surface area (Å²) >= 11 is 1.65. The van der Waals surface area contributed by atoms with E-state index in [9.17, 15) is 5.11 Å². The van der Waals surface area contributed by atoms with Crippen molar-refractivity contribution in [1.29, 1.82) is 0 Å². The first-order valence-electron chi connectivity index (χ1n) is 5.45. The van der Waals surface area contributed by atoms with Crippen molar-refractivity contribution in [3.8, 4) is 0 Å². The number of thiazole rings is 1. The fourth-order valence-electron chi connectivity index (χ4n) is 1.52. The highest BCUT2D eigenvalue weighted by atomic mass is 32.1. The van der Waals surface area contributed by atoms with Crippen LogP contribution in [-0.2, 0) is 0 Å². The van der Waals surface area contributed by atoms with Crippen molar-refractivity contribution in [1.82, 2.24) is 10.3 Å². The number of hydrogen-bond acceptors (Lipinski definition) is 4. The van der Waals surface area contributed by atoms with Crippen molar-refractivity contribution in [2.45, 2.75) is 39.3 Å². The summed E-state index contributed by atoms with van der Waals surface area (Å²) in [5.41, 5.74) is 0. The van der Waals surface area contributed by atoms with Crippen LogP contribution in [0.4, 0.5) is 0 Å². The van der Waals surface area contributed by atoms with Gasteiger partial charge in [0.2, 0.25) is 0 Å². The van der Waals surface area contributed by atoms with E-state index >= 15 is 0 Å². The van der Waals surface area contributed by atoms with E-state index in [0.717, 1.165) is 11.4 Å². The third-order valence-electron chi connectivity index (χ3n) is 2.81. The van der Waals surface area contributed by atoms with Gasteiger partial charge >= 0.3 is 0 Å². The highest BCUT2D eigenvalue weighted by Crippen LogP contribution is 2.17. The van der Waals surface area contributed by atoms with Crippen molar-refractivity contribution < 1.29 is 5.11 Å². The Kier molecular flexibility index (Phi) is 5.22. The minimum Gasteiger partial charge on any atom is -0.395 e. The Bertz CT molecular complexity index is 264. The maximum Gasteiger partial charge on any atom is 0.109 e. The molecule has 0 aliphatic heterocycles. The lowest BCUT2D eigenvalue weighted by Gasteiger charge is -2.25. The fraction of sp³-hybridized carbons (Fsp3) is 0.727. The lowest BCUT2D eigenvalue weighted by molar-refractivity contribution is 0.192. The summed E-state index contributed by atoms with van der Waals surface area (Å²) in [6.07, 6.45) is 2.89. The minimum atomic E-state index is 0.161. The van der Waals surface area contributed by atoms with Gasteiger partial charge in [0.05, 0.1) is 12.6 Å². The summed E-state index contributed by atoms with van der Waals surface area (Å²) in [5.74, 6) is 0.484. The minimum absolute atomic E-state index is 0.161. The lowest BCUT2D eigenvalue weighted by Crippen LogP contribution is -2.39. The van der Waals surface area contributed by atoms with Gasteiger partial charge < -0.3 is 10.4 Å². The van der Waals surface area contributed by atoms with Crippen LogP contribution in [0, 0.1) is 5.92 Å². The van der Waals surface area contributed by atoms with E-state index in [1.165, 1.54) is 0 Å². The van der Waals surface area contributed by atoms with E-state index in [1.54, 1.807) is 11.3 Å². The van der Waals surface area contributed by atoms with Gasteiger partial charge in [0, 0.05) is 17.6 Å². The van der Waals surface area contributed by atoms with Crippen LogP contribution in [-0.4, -0.2) is 22.7 Å². The largest absolute Gasteiger partial charge is 0.395 e. The molecule has 0 bridgehead atoms. The third-order valence-corrected chi connectivity index (χ3v) is 3.77. The molecule has 3 atom stereocenters. The van der Waals surface area contributed by atoms with Crippen molar-refractivity contribution >= 4 is 11.3 Å². The predicted octanol–water partition coefficient (Wildman–Crippen LogP) is 2.20. The Labute approximate surface area is 95.6 Å². The first-order chi connectivity index (χ1) is 7.19. The molecule has 0 amide bonds. The number of aromatic nitrogens is 1. The SMILES string of the molecule is CCC(C)C(CO)NC(C)c1nccs1. The Morgan fingerprint density at radius 1 is 1.53 bits per heavy atom. The van der Waals surface area contributed by atoms with E-state index in [-0.39, 0.29) is 18.7 Å². The second-order valence-corrected chi connectivity index (χ2v) is 4.86. The molecule has 1 aromatic heterocycles. The molecule has 1 heterocycles. The maximum atomic E-state index is 9.29. The Hall–Kier alpha value is -0.450. The molecule has 15 heavy (non-hydrogen) atoms. The average molecular weight is 228 g/mol. The number of nitrogens with zero attached hydrogens (tertiary/aromatic N) is 1. The highest BCUT2D eigenvalue weighted by molar-refractivity contribution is 7.09. The van der Waals surface area contributed by atoms with Crippen LogP contribution >= 0.6 is 11.3 Å². The monoisotopic (exact) mass is 228 g/mol. The van der Waals surface area contributed by atoms with Gasteiger partial charge in [-0.3, -0.25) is 0 Å². The number of aliphatic hydroxyl groups excluding tert-OH is 1. The zero-order valence-electron chi connectivity index (χ0n) is 9.60. The first-order valence-corrected chi connectivity index (χ1v) is 6.33. The van der Waals surface area contributed by atoms with E-state index in [1.807, 2.05) is 11.6 Å². The standard InChI is InChI=1S/C11H20N2OS/c1-4-8(2)10(7-14)13-9(3)11-12-5-6-15-11/h5-6,8-10,13-14H,4,7H2,1-3H3. The van der Waals surface area contributed by atoms with Gasteiger partial charge in [-0.2, -0.15) is 0 Å². The highest BCUT2D eigenvalue weighted by Gasteiger charge is 2.18. The molecule has 4 heteroatoms. The van der Waals surface area contributed by atoms with Gasteiger partial charge in [-0.05, 0) is 12.8 Å². The zero-order chi connectivity index (χ0) is 11.3. The summed E-state index contributed by atoms with van der Waals surface area (Å²) in [6, 6.07) is 0.380.